The van der Waals surface area contributed by atoms with Gasteiger partial charge in [0.1, 0.15) is 10.4 Å². The fourth-order valence-electron chi connectivity index (χ4n) is 2.16. The second-order valence-corrected chi connectivity index (χ2v) is 5.20. The molecule has 0 spiro atoms. The minimum atomic E-state index is 0.798. The quantitative estimate of drug-likeness (QED) is 0.863. The van der Waals surface area contributed by atoms with Gasteiger partial charge in [-0.05, 0) is 59.9 Å². The van der Waals surface area contributed by atoms with Gasteiger partial charge >= 0.3 is 0 Å². The summed E-state index contributed by atoms with van der Waals surface area (Å²) >= 11 is 3.41. The van der Waals surface area contributed by atoms with Gasteiger partial charge in [0.05, 0.1) is 0 Å². The van der Waals surface area contributed by atoms with Crippen LogP contribution in [0.15, 0.2) is 22.8 Å². The maximum atomic E-state index is 4.47. The van der Waals surface area contributed by atoms with Gasteiger partial charge < -0.3 is 10.2 Å². The van der Waals surface area contributed by atoms with Crippen molar-refractivity contribution in [2.45, 2.75) is 12.8 Å². The summed E-state index contributed by atoms with van der Waals surface area (Å²) < 4.78 is 0.905. The molecule has 0 aliphatic carbocycles. The lowest BCUT2D eigenvalue weighted by molar-refractivity contribution is 0.377. The van der Waals surface area contributed by atoms with Crippen molar-refractivity contribution in [1.29, 1.82) is 0 Å². The Labute approximate surface area is 105 Å². The molecular formula is C12H18BrN3. The summed E-state index contributed by atoms with van der Waals surface area (Å²) in [5, 5.41) is 3.40. The van der Waals surface area contributed by atoms with E-state index in [4.69, 9.17) is 0 Å². The lowest BCUT2D eigenvalue weighted by Crippen LogP contribution is -2.34. The van der Waals surface area contributed by atoms with Gasteiger partial charge in [-0.2, -0.15) is 0 Å². The normalized spacial score (nSPS) is 17.4. The topological polar surface area (TPSA) is 28.2 Å². The van der Waals surface area contributed by atoms with E-state index in [-0.39, 0.29) is 0 Å². The van der Waals surface area contributed by atoms with Gasteiger partial charge in [0, 0.05) is 13.6 Å². The molecule has 4 heteroatoms. The fourth-order valence-corrected chi connectivity index (χ4v) is 2.49. The van der Waals surface area contributed by atoms with Gasteiger partial charge in [-0.1, -0.05) is 6.07 Å². The van der Waals surface area contributed by atoms with E-state index < -0.39 is 0 Å². The second kappa shape index (κ2) is 5.64. The zero-order valence-corrected chi connectivity index (χ0v) is 11.2. The van der Waals surface area contributed by atoms with Crippen molar-refractivity contribution < 1.29 is 0 Å². The second-order valence-electron chi connectivity index (χ2n) is 4.39. The first-order chi connectivity index (χ1) is 7.75. The number of aromatic nitrogens is 1. The first-order valence-electron chi connectivity index (χ1n) is 5.80. The molecule has 1 fully saturated rings. The van der Waals surface area contributed by atoms with Crippen molar-refractivity contribution in [2.75, 3.05) is 31.6 Å². The van der Waals surface area contributed by atoms with Crippen LogP contribution in [0, 0.1) is 5.92 Å². The minimum absolute atomic E-state index is 0.798. The van der Waals surface area contributed by atoms with Crippen LogP contribution in [-0.2, 0) is 0 Å². The van der Waals surface area contributed by atoms with Crippen LogP contribution in [0.1, 0.15) is 12.8 Å². The molecule has 0 saturated carbocycles. The van der Waals surface area contributed by atoms with E-state index in [1.54, 1.807) is 0 Å². The standard InChI is InChI=1S/C12H18BrN3/c1-16(9-10-5-7-14-8-6-10)12-4-2-3-11(13)15-12/h2-4,10,14H,5-9H2,1H3. The number of nitrogens with zero attached hydrogens (tertiary/aromatic N) is 2. The highest BCUT2D eigenvalue weighted by Gasteiger charge is 2.15. The molecule has 1 aliphatic heterocycles. The van der Waals surface area contributed by atoms with Crippen molar-refractivity contribution >= 4 is 21.7 Å². The maximum Gasteiger partial charge on any atom is 0.129 e. The van der Waals surface area contributed by atoms with E-state index in [0.29, 0.717) is 0 Å². The Balaban J connectivity index is 1.94. The van der Waals surface area contributed by atoms with Gasteiger partial charge in [-0.15, -0.1) is 0 Å². The molecule has 1 aliphatic rings. The molecule has 88 valence electrons. The average molecular weight is 284 g/mol. The van der Waals surface area contributed by atoms with E-state index >= 15 is 0 Å². The summed E-state index contributed by atoms with van der Waals surface area (Å²) in [6, 6.07) is 6.05. The van der Waals surface area contributed by atoms with Crippen LogP contribution in [-0.4, -0.2) is 31.7 Å². The van der Waals surface area contributed by atoms with Gasteiger partial charge in [-0.25, -0.2) is 4.98 Å². The van der Waals surface area contributed by atoms with Crippen LogP contribution in [0.4, 0.5) is 5.82 Å². The highest BCUT2D eigenvalue weighted by molar-refractivity contribution is 9.10. The molecule has 0 amide bonds. The predicted octanol–water partition coefficient (Wildman–Crippen LogP) is 2.28. The van der Waals surface area contributed by atoms with Gasteiger partial charge in [-0.3, -0.25) is 0 Å². The summed E-state index contributed by atoms with van der Waals surface area (Å²) in [7, 11) is 2.12. The number of nitrogens with one attached hydrogen (secondary N) is 1. The lowest BCUT2D eigenvalue weighted by atomic mass is 9.98. The molecule has 3 nitrogen and oxygen atoms in total. The fraction of sp³-hybridized carbons (Fsp3) is 0.583. The molecular weight excluding hydrogens is 266 g/mol. The van der Waals surface area contributed by atoms with Gasteiger partial charge in [0.15, 0.2) is 0 Å². The monoisotopic (exact) mass is 283 g/mol. The predicted molar refractivity (Wildman–Crippen MR) is 70.8 cm³/mol. The number of rotatable bonds is 3. The molecule has 0 aromatic carbocycles. The Hall–Kier alpha value is -0.610. The summed E-state index contributed by atoms with van der Waals surface area (Å²) in [6.45, 7) is 3.42. The molecule has 2 heterocycles. The Kier molecular flexibility index (Phi) is 4.18. The molecule has 1 saturated heterocycles. The third-order valence-electron chi connectivity index (χ3n) is 3.08. The molecule has 16 heavy (non-hydrogen) atoms. The van der Waals surface area contributed by atoms with E-state index in [9.17, 15) is 0 Å². The molecule has 1 aromatic heterocycles. The first kappa shape index (κ1) is 11.9. The zero-order valence-electron chi connectivity index (χ0n) is 9.62. The molecule has 0 unspecified atom stereocenters. The first-order valence-corrected chi connectivity index (χ1v) is 6.59. The smallest absolute Gasteiger partial charge is 0.129 e. The van der Waals surface area contributed by atoms with Crippen LogP contribution < -0.4 is 10.2 Å². The van der Waals surface area contributed by atoms with Crippen LogP contribution in [0.5, 0.6) is 0 Å². The van der Waals surface area contributed by atoms with E-state index in [0.717, 1.165) is 36.0 Å². The Morgan fingerprint density at radius 3 is 2.88 bits per heavy atom. The number of hydrogen-bond donors (Lipinski definition) is 1. The molecule has 0 bridgehead atoms. The summed E-state index contributed by atoms with van der Waals surface area (Å²) in [4.78, 5) is 6.72. The molecule has 1 aromatic rings. The van der Waals surface area contributed by atoms with E-state index in [1.807, 2.05) is 12.1 Å². The summed E-state index contributed by atoms with van der Waals surface area (Å²) in [6.07, 6.45) is 2.55. The number of halogens is 1. The van der Waals surface area contributed by atoms with Crippen LogP contribution in [0.25, 0.3) is 0 Å². The van der Waals surface area contributed by atoms with Crippen molar-refractivity contribution in [3.8, 4) is 0 Å². The van der Waals surface area contributed by atoms with Crippen molar-refractivity contribution in [3.05, 3.63) is 22.8 Å². The number of piperidine rings is 1. The van der Waals surface area contributed by atoms with Gasteiger partial charge in [0.2, 0.25) is 0 Å². The number of hydrogen-bond acceptors (Lipinski definition) is 3. The molecule has 0 radical (unpaired) electrons. The Morgan fingerprint density at radius 1 is 1.44 bits per heavy atom. The van der Waals surface area contributed by atoms with Gasteiger partial charge in [0.25, 0.3) is 0 Å². The Bertz CT molecular complexity index is 337. The van der Waals surface area contributed by atoms with E-state index in [1.165, 1.54) is 12.8 Å². The average Bonchev–Trinajstić information content (AvgIpc) is 2.30. The largest absolute Gasteiger partial charge is 0.359 e. The zero-order chi connectivity index (χ0) is 11.4. The molecule has 0 atom stereocenters. The third kappa shape index (κ3) is 3.19. The molecule has 1 N–H and O–H groups in total. The van der Waals surface area contributed by atoms with Crippen molar-refractivity contribution in [1.82, 2.24) is 10.3 Å². The maximum absolute atomic E-state index is 4.47. The Morgan fingerprint density at radius 2 is 2.19 bits per heavy atom. The summed E-state index contributed by atoms with van der Waals surface area (Å²) in [5.74, 6) is 1.85. The number of anilines is 1. The van der Waals surface area contributed by atoms with Crippen LogP contribution in [0.2, 0.25) is 0 Å². The van der Waals surface area contributed by atoms with Crippen LogP contribution >= 0.6 is 15.9 Å². The SMILES string of the molecule is CN(CC1CCNCC1)c1cccc(Br)n1. The molecule has 2 rings (SSSR count). The summed E-state index contributed by atoms with van der Waals surface area (Å²) in [5.41, 5.74) is 0. The van der Waals surface area contributed by atoms with Crippen molar-refractivity contribution in [2.24, 2.45) is 5.92 Å². The highest BCUT2D eigenvalue weighted by atomic mass is 79.9. The highest BCUT2D eigenvalue weighted by Crippen LogP contribution is 2.18. The third-order valence-corrected chi connectivity index (χ3v) is 3.52. The van der Waals surface area contributed by atoms with E-state index in [2.05, 4.69) is 44.2 Å². The minimum Gasteiger partial charge on any atom is -0.359 e. The number of pyridine rings is 1. The van der Waals surface area contributed by atoms with Crippen LogP contribution in [0.3, 0.4) is 0 Å². The lowest BCUT2D eigenvalue weighted by Gasteiger charge is -2.28. The van der Waals surface area contributed by atoms with Crippen molar-refractivity contribution in [3.63, 3.8) is 0 Å².